The summed E-state index contributed by atoms with van der Waals surface area (Å²) >= 11 is 0. The van der Waals surface area contributed by atoms with Crippen LogP contribution >= 0.6 is 0 Å². The molecule has 2 rings (SSSR count). The first-order chi connectivity index (χ1) is 5.11. The van der Waals surface area contributed by atoms with Crippen molar-refractivity contribution in [1.82, 2.24) is 0 Å². The maximum absolute atomic E-state index is 6.01. The lowest BCUT2D eigenvalue weighted by molar-refractivity contribution is 0.312. The minimum absolute atomic E-state index is 0.149. The van der Waals surface area contributed by atoms with Crippen molar-refractivity contribution in [3.63, 3.8) is 0 Å². The predicted octanol–water partition coefficient (Wildman–Crippen LogP) is 1.86. The highest BCUT2D eigenvalue weighted by atomic mass is 16.3. The summed E-state index contributed by atoms with van der Waals surface area (Å²) in [5.41, 5.74) is 8.69. The molecule has 2 nitrogen and oxygen atoms in total. The molecule has 0 aromatic carbocycles. The van der Waals surface area contributed by atoms with E-state index in [0.717, 1.165) is 6.42 Å². The van der Waals surface area contributed by atoms with E-state index in [4.69, 9.17) is 10.2 Å². The lowest BCUT2D eigenvalue weighted by atomic mass is 9.86. The molecule has 1 aromatic rings. The van der Waals surface area contributed by atoms with E-state index < -0.39 is 0 Å². The van der Waals surface area contributed by atoms with Gasteiger partial charge >= 0.3 is 0 Å². The largest absolute Gasteiger partial charge is 0.472 e. The Balaban J connectivity index is 2.45. The molecule has 1 atom stereocenters. The Kier molecular flexibility index (Phi) is 1.19. The first kappa shape index (κ1) is 6.92. The van der Waals surface area contributed by atoms with Crippen LogP contribution in [0, 0.1) is 5.41 Å². The third kappa shape index (κ3) is 0.824. The Labute approximate surface area is 66.4 Å². The molecule has 0 amide bonds. The molecule has 0 bridgehead atoms. The summed E-state index contributed by atoms with van der Waals surface area (Å²) in [5, 5.41) is 0. The second-order valence-electron chi connectivity index (χ2n) is 4.00. The fraction of sp³-hybridized carbons (Fsp3) is 0.556. The summed E-state index contributed by atoms with van der Waals surface area (Å²) in [6.45, 7) is 4.38. The molecule has 1 unspecified atom stereocenters. The van der Waals surface area contributed by atoms with Crippen LogP contribution in [0.4, 0.5) is 0 Å². The molecular formula is C9H13NO. The van der Waals surface area contributed by atoms with Gasteiger partial charge in [-0.3, -0.25) is 0 Å². The third-order valence-electron chi connectivity index (χ3n) is 2.60. The van der Waals surface area contributed by atoms with Crippen LogP contribution in [0.25, 0.3) is 0 Å². The molecule has 0 saturated carbocycles. The topological polar surface area (TPSA) is 39.2 Å². The lowest BCUT2D eigenvalue weighted by Gasteiger charge is -2.23. The Hall–Kier alpha value is -0.760. The van der Waals surface area contributed by atoms with Gasteiger partial charge in [-0.25, -0.2) is 0 Å². The lowest BCUT2D eigenvalue weighted by Crippen LogP contribution is -2.24. The van der Waals surface area contributed by atoms with Crippen molar-refractivity contribution in [2.75, 3.05) is 0 Å². The van der Waals surface area contributed by atoms with Gasteiger partial charge < -0.3 is 10.2 Å². The number of nitrogens with two attached hydrogens (primary N) is 1. The molecule has 0 fully saturated rings. The summed E-state index contributed by atoms with van der Waals surface area (Å²) in [5.74, 6) is 0. The van der Waals surface area contributed by atoms with Gasteiger partial charge in [0.15, 0.2) is 0 Å². The van der Waals surface area contributed by atoms with Crippen LogP contribution in [-0.2, 0) is 6.42 Å². The zero-order chi connectivity index (χ0) is 8.06. The Morgan fingerprint density at radius 3 is 2.91 bits per heavy atom. The van der Waals surface area contributed by atoms with Gasteiger partial charge in [0.05, 0.1) is 12.5 Å². The quantitative estimate of drug-likeness (QED) is 0.614. The van der Waals surface area contributed by atoms with E-state index in [1.165, 1.54) is 11.1 Å². The summed E-state index contributed by atoms with van der Waals surface area (Å²) in [4.78, 5) is 0. The standard InChI is InChI=1S/C9H13NO/c1-9(2)3-6-4-11-5-7(6)8(9)10/h4-5,8H,3,10H2,1-2H3. The SMILES string of the molecule is CC1(C)Cc2cocc2C1N. The smallest absolute Gasteiger partial charge is 0.0953 e. The second-order valence-corrected chi connectivity index (χ2v) is 4.00. The third-order valence-corrected chi connectivity index (χ3v) is 2.60. The molecule has 1 aromatic heterocycles. The van der Waals surface area contributed by atoms with E-state index in [-0.39, 0.29) is 11.5 Å². The van der Waals surface area contributed by atoms with Crippen LogP contribution in [-0.4, -0.2) is 0 Å². The van der Waals surface area contributed by atoms with Crippen molar-refractivity contribution < 1.29 is 4.42 Å². The Morgan fingerprint density at radius 1 is 1.55 bits per heavy atom. The van der Waals surface area contributed by atoms with Crippen molar-refractivity contribution in [2.45, 2.75) is 26.3 Å². The minimum Gasteiger partial charge on any atom is -0.472 e. The average molecular weight is 151 g/mol. The van der Waals surface area contributed by atoms with E-state index >= 15 is 0 Å². The Morgan fingerprint density at radius 2 is 2.27 bits per heavy atom. The van der Waals surface area contributed by atoms with Gasteiger partial charge in [-0.05, 0) is 17.4 Å². The highest BCUT2D eigenvalue weighted by molar-refractivity contribution is 5.33. The van der Waals surface area contributed by atoms with Crippen molar-refractivity contribution in [2.24, 2.45) is 11.1 Å². The average Bonchev–Trinajstić information content (AvgIpc) is 2.39. The van der Waals surface area contributed by atoms with Crippen LogP contribution in [0.1, 0.15) is 31.0 Å². The fourth-order valence-electron chi connectivity index (χ4n) is 1.77. The molecule has 0 aliphatic heterocycles. The first-order valence-corrected chi connectivity index (χ1v) is 3.92. The molecule has 1 aliphatic rings. The van der Waals surface area contributed by atoms with Gasteiger partial charge in [0.1, 0.15) is 0 Å². The Bertz CT molecular complexity index is 275. The van der Waals surface area contributed by atoms with E-state index in [1.54, 1.807) is 6.26 Å². The first-order valence-electron chi connectivity index (χ1n) is 3.92. The van der Waals surface area contributed by atoms with Gasteiger partial charge in [0, 0.05) is 11.6 Å². The minimum atomic E-state index is 0.149. The zero-order valence-corrected chi connectivity index (χ0v) is 6.92. The van der Waals surface area contributed by atoms with Gasteiger partial charge in [-0.1, -0.05) is 13.8 Å². The monoisotopic (exact) mass is 151 g/mol. The van der Waals surface area contributed by atoms with Crippen molar-refractivity contribution >= 4 is 0 Å². The summed E-state index contributed by atoms with van der Waals surface area (Å²) in [6.07, 6.45) is 4.62. The van der Waals surface area contributed by atoms with Gasteiger partial charge in [-0.15, -0.1) is 0 Å². The van der Waals surface area contributed by atoms with Gasteiger partial charge in [0.2, 0.25) is 0 Å². The van der Waals surface area contributed by atoms with Gasteiger partial charge in [-0.2, -0.15) is 0 Å². The number of fused-ring (bicyclic) bond motifs is 1. The predicted molar refractivity (Wildman–Crippen MR) is 43.1 cm³/mol. The molecule has 2 N–H and O–H groups in total. The van der Waals surface area contributed by atoms with E-state index in [2.05, 4.69) is 13.8 Å². The van der Waals surface area contributed by atoms with E-state index in [0.29, 0.717) is 0 Å². The molecular weight excluding hydrogens is 138 g/mol. The normalized spacial score (nSPS) is 27.0. The number of hydrogen-bond acceptors (Lipinski definition) is 2. The summed E-state index contributed by atoms with van der Waals surface area (Å²) < 4.78 is 5.07. The number of furan rings is 1. The highest BCUT2D eigenvalue weighted by Crippen LogP contribution is 2.43. The second kappa shape index (κ2) is 1.89. The molecule has 0 spiro atoms. The molecule has 11 heavy (non-hydrogen) atoms. The van der Waals surface area contributed by atoms with Crippen LogP contribution in [0.5, 0.6) is 0 Å². The fourth-order valence-corrected chi connectivity index (χ4v) is 1.77. The van der Waals surface area contributed by atoms with E-state index in [1.807, 2.05) is 6.26 Å². The van der Waals surface area contributed by atoms with Crippen LogP contribution < -0.4 is 5.73 Å². The molecule has 0 radical (unpaired) electrons. The molecule has 60 valence electrons. The van der Waals surface area contributed by atoms with Crippen molar-refractivity contribution in [3.05, 3.63) is 23.7 Å². The summed E-state index contributed by atoms with van der Waals surface area (Å²) in [7, 11) is 0. The number of rotatable bonds is 0. The molecule has 1 aliphatic carbocycles. The van der Waals surface area contributed by atoms with Crippen LogP contribution in [0.3, 0.4) is 0 Å². The molecule has 0 saturated heterocycles. The maximum atomic E-state index is 6.01. The van der Waals surface area contributed by atoms with Gasteiger partial charge in [0.25, 0.3) is 0 Å². The van der Waals surface area contributed by atoms with Crippen LogP contribution in [0.15, 0.2) is 16.9 Å². The molecule has 2 heteroatoms. The zero-order valence-electron chi connectivity index (χ0n) is 6.92. The molecule has 1 heterocycles. The van der Waals surface area contributed by atoms with Crippen LogP contribution in [0.2, 0.25) is 0 Å². The summed E-state index contributed by atoms with van der Waals surface area (Å²) in [6, 6.07) is 0.149. The van der Waals surface area contributed by atoms with Crippen molar-refractivity contribution in [3.8, 4) is 0 Å². The number of hydrogen-bond donors (Lipinski definition) is 1. The van der Waals surface area contributed by atoms with E-state index in [9.17, 15) is 0 Å². The maximum Gasteiger partial charge on any atom is 0.0953 e. The highest BCUT2D eigenvalue weighted by Gasteiger charge is 2.37. The van der Waals surface area contributed by atoms with Crippen molar-refractivity contribution in [1.29, 1.82) is 0 Å².